The predicted molar refractivity (Wildman–Crippen MR) is 80.2 cm³/mol. The Morgan fingerprint density at radius 3 is 2.79 bits per heavy atom. The smallest absolute Gasteiger partial charge is 0.107 e. The molecule has 19 heavy (non-hydrogen) atoms. The maximum absolute atomic E-state index is 5.51. The third-order valence-corrected chi connectivity index (χ3v) is 3.54. The summed E-state index contributed by atoms with van der Waals surface area (Å²) >= 11 is 0. The Kier molecular flexibility index (Phi) is 3.47. The maximum Gasteiger partial charge on any atom is 0.107 e. The van der Waals surface area contributed by atoms with Crippen molar-refractivity contribution < 1.29 is 0 Å². The molecular formula is C16H19N3. The fraction of sp³-hybridized carbons (Fsp3) is 0.312. The number of nitrogens with zero attached hydrogens (tertiary/aromatic N) is 1. The third kappa shape index (κ3) is 2.47. The molecule has 0 atom stereocenters. The van der Waals surface area contributed by atoms with Gasteiger partial charge in [0.15, 0.2) is 0 Å². The number of hydrogen-bond donors (Lipinski definition) is 2. The van der Waals surface area contributed by atoms with Gasteiger partial charge in [-0.2, -0.15) is 0 Å². The lowest BCUT2D eigenvalue weighted by Crippen LogP contribution is -1.98. The summed E-state index contributed by atoms with van der Waals surface area (Å²) < 4.78 is 0. The second kappa shape index (κ2) is 5.41. The average Bonchev–Trinajstić information content (AvgIpc) is 2.87. The number of aryl methyl sites for hydroxylation is 1. The number of rotatable bonds is 5. The van der Waals surface area contributed by atoms with E-state index < -0.39 is 0 Å². The van der Waals surface area contributed by atoms with E-state index in [1.807, 2.05) is 0 Å². The summed E-state index contributed by atoms with van der Waals surface area (Å²) in [7, 11) is 0. The first kappa shape index (κ1) is 12.2. The van der Waals surface area contributed by atoms with E-state index in [2.05, 4.69) is 41.4 Å². The monoisotopic (exact) mass is 253 g/mol. The van der Waals surface area contributed by atoms with Crippen LogP contribution in [-0.2, 0) is 6.42 Å². The van der Waals surface area contributed by atoms with Crippen LogP contribution in [0.3, 0.4) is 0 Å². The van der Waals surface area contributed by atoms with Crippen molar-refractivity contribution in [2.45, 2.75) is 25.7 Å². The summed E-state index contributed by atoms with van der Waals surface area (Å²) in [5.74, 6) is 1.09. The topological polar surface area (TPSA) is 54.7 Å². The molecule has 98 valence electrons. The van der Waals surface area contributed by atoms with Crippen LogP contribution in [0.4, 0.5) is 0 Å². The highest BCUT2D eigenvalue weighted by Gasteiger charge is 2.06. The molecule has 0 aliphatic carbocycles. The summed E-state index contributed by atoms with van der Waals surface area (Å²) in [6.07, 6.45) is 4.43. The van der Waals surface area contributed by atoms with E-state index in [0.717, 1.165) is 42.7 Å². The number of aromatic nitrogens is 2. The SMILES string of the molecule is NCCCCCc1nc2c(ccc3ccccc32)[nH]1. The molecule has 0 unspecified atom stereocenters. The lowest BCUT2D eigenvalue weighted by Gasteiger charge is -1.96. The molecular weight excluding hydrogens is 234 g/mol. The van der Waals surface area contributed by atoms with Gasteiger partial charge >= 0.3 is 0 Å². The molecule has 0 radical (unpaired) electrons. The lowest BCUT2D eigenvalue weighted by molar-refractivity contribution is 0.674. The molecule has 1 heterocycles. The Hall–Kier alpha value is -1.87. The van der Waals surface area contributed by atoms with Gasteiger partial charge in [-0.05, 0) is 30.8 Å². The number of hydrogen-bond acceptors (Lipinski definition) is 2. The summed E-state index contributed by atoms with van der Waals surface area (Å²) in [6, 6.07) is 12.7. The predicted octanol–water partition coefficient (Wildman–Crippen LogP) is 3.39. The van der Waals surface area contributed by atoms with Crippen LogP contribution < -0.4 is 5.73 Å². The van der Waals surface area contributed by atoms with Crippen molar-refractivity contribution in [2.24, 2.45) is 5.73 Å². The van der Waals surface area contributed by atoms with Gasteiger partial charge in [0.05, 0.1) is 11.0 Å². The molecule has 0 saturated heterocycles. The van der Waals surface area contributed by atoms with E-state index >= 15 is 0 Å². The molecule has 3 nitrogen and oxygen atoms in total. The van der Waals surface area contributed by atoms with E-state index in [-0.39, 0.29) is 0 Å². The molecule has 0 amide bonds. The molecule has 3 N–H and O–H groups in total. The first-order chi connectivity index (χ1) is 9.38. The Labute approximate surface area is 112 Å². The second-order valence-corrected chi connectivity index (χ2v) is 4.97. The van der Waals surface area contributed by atoms with Crippen molar-refractivity contribution in [1.29, 1.82) is 0 Å². The van der Waals surface area contributed by atoms with Crippen molar-refractivity contribution in [3.8, 4) is 0 Å². The molecule has 1 aromatic heterocycles. The standard InChI is InChI=1S/C16H19N3/c17-11-5-1-2-8-15-18-14-10-9-12-6-3-4-7-13(12)16(14)19-15/h3-4,6-7,9-10H,1-2,5,8,11,17H2,(H,18,19). The number of nitrogens with one attached hydrogen (secondary N) is 1. The number of H-pyrrole nitrogens is 1. The lowest BCUT2D eigenvalue weighted by atomic mass is 10.1. The summed E-state index contributed by atoms with van der Waals surface area (Å²) in [5, 5.41) is 2.47. The molecule has 0 bridgehead atoms. The summed E-state index contributed by atoms with van der Waals surface area (Å²) in [6.45, 7) is 0.783. The normalized spacial score (nSPS) is 11.4. The van der Waals surface area contributed by atoms with Crippen molar-refractivity contribution in [3.05, 3.63) is 42.2 Å². The Morgan fingerprint density at radius 2 is 1.89 bits per heavy atom. The van der Waals surface area contributed by atoms with Crippen LogP contribution in [0.15, 0.2) is 36.4 Å². The van der Waals surface area contributed by atoms with Crippen molar-refractivity contribution in [1.82, 2.24) is 9.97 Å². The minimum Gasteiger partial charge on any atom is -0.342 e. The van der Waals surface area contributed by atoms with E-state index in [1.165, 1.54) is 17.2 Å². The average molecular weight is 253 g/mol. The first-order valence-corrected chi connectivity index (χ1v) is 6.95. The molecule has 0 aliphatic heterocycles. The fourth-order valence-electron chi connectivity index (χ4n) is 2.53. The van der Waals surface area contributed by atoms with Gasteiger partial charge in [0.2, 0.25) is 0 Å². The zero-order valence-corrected chi connectivity index (χ0v) is 11.0. The second-order valence-electron chi connectivity index (χ2n) is 4.97. The molecule has 3 heteroatoms. The Bertz CT molecular complexity index is 685. The largest absolute Gasteiger partial charge is 0.342 e. The molecule has 2 aromatic carbocycles. The fourth-order valence-corrected chi connectivity index (χ4v) is 2.53. The molecule has 0 spiro atoms. The molecule has 3 aromatic rings. The van der Waals surface area contributed by atoms with Crippen molar-refractivity contribution in [3.63, 3.8) is 0 Å². The van der Waals surface area contributed by atoms with Crippen LogP contribution in [0, 0.1) is 0 Å². The number of fused-ring (bicyclic) bond motifs is 3. The molecule has 0 saturated carbocycles. The minimum atomic E-state index is 0.783. The van der Waals surface area contributed by atoms with Crippen LogP contribution >= 0.6 is 0 Å². The van der Waals surface area contributed by atoms with E-state index in [0.29, 0.717) is 0 Å². The number of nitrogens with two attached hydrogens (primary N) is 1. The Morgan fingerprint density at radius 1 is 1.00 bits per heavy atom. The maximum atomic E-state index is 5.51. The van der Waals surface area contributed by atoms with Crippen LogP contribution in [-0.4, -0.2) is 16.5 Å². The van der Waals surface area contributed by atoms with E-state index in [4.69, 9.17) is 10.7 Å². The van der Waals surface area contributed by atoms with Gasteiger partial charge in [0, 0.05) is 11.8 Å². The zero-order valence-electron chi connectivity index (χ0n) is 11.0. The van der Waals surface area contributed by atoms with Crippen LogP contribution in [0.25, 0.3) is 21.8 Å². The van der Waals surface area contributed by atoms with Gasteiger partial charge < -0.3 is 10.7 Å². The van der Waals surface area contributed by atoms with Crippen molar-refractivity contribution in [2.75, 3.05) is 6.54 Å². The van der Waals surface area contributed by atoms with Crippen molar-refractivity contribution >= 4 is 21.8 Å². The number of unbranched alkanes of at least 4 members (excludes halogenated alkanes) is 2. The highest BCUT2D eigenvalue weighted by Crippen LogP contribution is 2.23. The highest BCUT2D eigenvalue weighted by molar-refractivity contribution is 6.04. The van der Waals surface area contributed by atoms with Crippen LogP contribution in [0.2, 0.25) is 0 Å². The number of aromatic amines is 1. The Balaban J connectivity index is 1.90. The van der Waals surface area contributed by atoms with Gasteiger partial charge in [-0.15, -0.1) is 0 Å². The molecule has 3 rings (SSSR count). The van der Waals surface area contributed by atoms with Gasteiger partial charge in [-0.25, -0.2) is 4.98 Å². The van der Waals surface area contributed by atoms with E-state index in [1.54, 1.807) is 0 Å². The summed E-state index contributed by atoms with van der Waals surface area (Å²) in [5.41, 5.74) is 7.73. The van der Waals surface area contributed by atoms with E-state index in [9.17, 15) is 0 Å². The molecule has 0 aliphatic rings. The molecule has 0 fully saturated rings. The highest BCUT2D eigenvalue weighted by atomic mass is 14.9. The number of benzene rings is 2. The quantitative estimate of drug-likeness (QED) is 0.685. The summed E-state index contributed by atoms with van der Waals surface area (Å²) in [4.78, 5) is 8.17. The minimum absolute atomic E-state index is 0.783. The number of imidazole rings is 1. The zero-order chi connectivity index (χ0) is 13.1. The third-order valence-electron chi connectivity index (χ3n) is 3.54. The van der Waals surface area contributed by atoms with Gasteiger partial charge in [0.1, 0.15) is 5.82 Å². The first-order valence-electron chi connectivity index (χ1n) is 6.95. The van der Waals surface area contributed by atoms with Gasteiger partial charge in [-0.3, -0.25) is 0 Å². The van der Waals surface area contributed by atoms with Gasteiger partial charge in [-0.1, -0.05) is 36.8 Å². The van der Waals surface area contributed by atoms with Gasteiger partial charge in [0.25, 0.3) is 0 Å². The van der Waals surface area contributed by atoms with Crippen LogP contribution in [0.5, 0.6) is 0 Å². The van der Waals surface area contributed by atoms with Crippen LogP contribution in [0.1, 0.15) is 25.1 Å².